The van der Waals surface area contributed by atoms with Crippen LogP contribution in [0.15, 0.2) is 41.2 Å². The van der Waals surface area contributed by atoms with Crippen LogP contribution in [0, 0.1) is 25.6 Å². The third-order valence-corrected chi connectivity index (χ3v) is 6.68. The van der Waals surface area contributed by atoms with Gasteiger partial charge in [-0.15, -0.1) is 0 Å². The Balaban J connectivity index is 1.23. The molecule has 2 aromatic rings. The van der Waals surface area contributed by atoms with Gasteiger partial charge in [-0.05, 0) is 19.9 Å². The molecule has 0 radical (unpaired) electrons. The number of carbonyl (C=O) groups excluding carboxylic acids is 2. The van der Waals surface area contributed by atoms with E-state index in [9.17, 15) is 22.8 Å². The number of halogens is 3. The zero-order chi connectivity index (χ0) is 27.1. The summed E-state index contributed by atoms with van der Waals surface area (Å²) in [5.74, 6) is -2.43. The molecule has 3 aliphatic rings. The first-order chi connectivity index (χ1) is 18.1. The van der Waals surface area contributed by atoms with Gasteiger partial charge in [-0.1, -0.05) is 0 Å². The van der Waals surface area contributed by atoms with Gasteiger partial charge in [0.1, 0.15) is 17.8 Å². The molecule has 10 nitrogen and oxygen atoms in total. The van der Waals surface area contributed by atoms with Crippen LogP contribution in [0.25, 0.3) is 5.82 Å². The van der Waals surface area contributed by atoms with E-state index < -0.39 is 41.6 Å². The average Bonchev–Trinajstić information content (AvgIpc) is 3.42. The van der Waals surface area contributed by atoms with Crippen molar-refractivity contribution in [1.29, 1.82) is 0 Å². The maximum absolute atomic E-state index is 14.5. The molecule has 38 heavy (non-hydrogen) atoms. The number of amides is 3. The number of aryl methyl sites for hydroxylation is 1. The summed E-state index contributed by atoms with van der Waals surface area (Å²) >= 11 is 0. The van der Waals surface area contributed by atoms with Crippen molar-refractivity contribution >= 4 is 23.8 Å². The summed E-state index contributed by atoms with van der Waals surface area (Å²) < 4.78 is 49.3. The van der Waals surface area contributed by atoms with Crippen LogP contribution in [0.3, 0.4) is 0 Å². The summed E-state index contributed by atoms with van der Waals surface area (Å²) in [7, 11) is 0. The molecule has 1 N–H and O–H groups in total. The van der Waals surface area contributed by atoms with E-state index in [4.69, 9.17) is 4.74 Å². The number of urea groups is 1. The van der Waals surface area contributed by atoms with Gasteiger partial charge < -0.3 is 15.0 Å². The molecule has 2 atom stereocenters. The molecule has 2 aliphatic heterocycles. The van der Waals surface area contributed by atoms with E-state index in [1.54, 1.807) is 20.1 Å². The van der Waals surface area contributed by atoms with Crippen LogP contribution >= 0.6 is 0 Å². The number of hydrogen-bond donors (Lipinski definition) is 1. The maximum atomic E-state index is 14.5. The molecular formula is C25H26F3N7O3. The smallest absolute Gasteiger partial charge is 0.340 e. The van der Waals surface area contributed by atoms with Gasteiger partial charge in [0.2, 0.25) is 5.91 Å². The zero-order valence-corrected chi connectivity index (χ0v) is 21.0. The molecule has 2 aromatic heterocycles. The quantitative estimate of drug-likeness (QED) is 0.632. The molecule has 3 amide bonds. The summed E-state index contributed by atoms with van der Waals surface area (Å²) in [6.45, 7) is 5.25. The lowest BCUT2D eigenvalue weighted by molar-refractivity contribution is -0.114. The number of allylic oxidation sites excluding steroid dienone is 3. The summed E-state index contributed by atoms with van der Waals surface area (Å²) in [6, 6.07) is 0.510. The molecule has 5 rings (SSSR count). The van der Waals surface area contributed by atoms with Gasteiger partial charge in [0.25, 0.3) is 0 Å². The molecule has 1 unspecified atom stereocenters. The third-order valence-electron chi connectivity index (χ3n) is 6.68. The predicted octanol–water partition coefficient (Wildman–Crippen LogP) is 3.95. The van der Waals surface area contributed by atoms with Crippen LogP contribution < -0.4 is 10.1 Å². The van der Waals surface area contributed by atoms with Crippen molar-refractivity contribution in [3.8, 4) is 11.6 Å². The highest BCUT2D eigenvalue weighted by Gasteiger charge is 2.41. The molecule has 13 heteroatoms. The molecule has 0 bridgehead atoms. The van der Waals surface area contributed by atoms with Crippen molar-refractivity contribution in [2.75, 3.05) is 18.4 Å². The predicted molar refractivity (Wildman–Crippen MR) is 132 cm³/mol. The first-order valence-corrected chi connectivity index (χ1v) is 12.1. The third kappa shape index (κ3) is 4.87. The fraction of sp³-hybridized carbons (Fsp3) is 0.400. The lowest BCUT2D eigenvalue weighted by Gasteiger charge is -2.41. The summed E-state index contributed by atoms with van der Waals surface area (Å²) in [5, 5.41) is 12.5. The second kappa shape index (κ2) is 9.95. The van der Waals surface area contributed by atoms with Crippen LogP contribution in [0.1, 0.15) is 31.2 Å². The van der Waals surface area contributed by atoms with Crippen molar-refractivity contribution in [3.63, 3.8) is 0 Å². The van der Waals surface area contributed by atoms with Crippen LogP contribution in [0.4, 0.5) is 23.7 Å². The van der Waals surface area contributed by atoms with Gasteiger partial charge in [-0.3, -0.25) is 4.79 Å². The number of anilines is 1. The number of aromatic nitrogens is 3. The molecule has 1 aliphatic carbocycles. The summed E-state index contributed by atoms with van der Waals surface area (Å²) in [4.78, 5) is 30.1. The van der Waals surface area contributed by atoms with Gasteiger partial charge in [0, 0.05) is 44.0 Å². The highest BCUT2D eigenvalue weighted by atomic mass is 19.1. The minimum absolute atomic E-state index is 0.00216. The van der Waals surface area contributed by atoms with Crippen LogP contribution in [0.2, 0.25) is 0 Å². The van der Waals surface area contributed by atoms with Crippen molar-refractivity contribution < 1.29 is 27.5 Å². The number of pyridine rings is 1. The fourth-order valence-corrected chi connectivity index (χ4v) is 4.80. The molecule has 0 aromatic carbocycles. The minimum Gasteiger partial charge on any atom is -0.483 e. The first kappa shape index (κ1) is 25.5. The Kier molecular flexibility index (Phi) is 6.67. The zero-order valence-electron chi connectivity index (χ0n) is 21.0. The number of hydrazone groups is 1. The average molecular weight is 530 g/mol. The van der Waals surface area contributed by atoms with E-state index >= 15 is 0 Å². The van der Waals surface area contributed by atoms with Gasteiger partial charge >= 0.3 is 6.03 Å². The minimum atomic E-state index is -0.674. The summed E-state index contributed by atoms with van der Waals surface area (Å²) in [6.07, 6.45) is 4.66. The standard InChI is InChI=1S/C25H26F3N7O3/c1-13-24(31-15(3)36)14(2)34(32-13)23-9-22(20(28)10-29-23)38-19-11-33(12-19)25(37)35-21(4-5-30-35)16-6-17(26)8-18(27)7-16/h5-6,8-10,16,19,21H,4,7,11-12H2,1-3H3,(H,31,36)/t16?,21-/m0/s1. The highest BCUT2D eigenvalue weighted by molar-refractivity contribution is 5.90. The number of hydrogen-bond acceptors (Lipinski definition) is 6. The Hall–Kier alpha value is -4.16. The number of likely N-dealkylation sites (tertiary alicyclic amines) is 1. The van der Waals surface area contributed by atoms with Gasteiger partial charge in [-0.25, -0.2) is 32.6 Å². The Morgan fingerprint density at radius 1 is 1.18 bits per heavy atom. The SMILES string of the molecule is CC(=O)Nc1c(C)nn(-c2cc(OC3CN(C(=O)N4N=CC[C@H]4C4C=C(F)C=C(F)C4)C3)c(F)cn2)c1C. The van der Waals surface area contributed by atoms with E-state index in [0.717, 1.165) is 12.3 Å². The Bertz CT molecular complexity index is 1380. The largest absolute Gasteiger partial charge is 0.483 e. The van der Waals surface area contributed by atoms with Crippen LogP contribution in [-0.2, 0) is 4.79 Å². The van der Waals surface area contributed by atoms with E-state index in [2.05, 4.69) is 20.5 Å². The molecule has 200 valence electrons. The topological polar surface area (TPSA) is 105 Å². The monoisotopic (exact) mass is 529 g/mol. The van der Waals surface area contributed by atoms with Crippen molar-refractivity contribution in [1.82, 2.24) is 24.7 Å². The van der Waals surface area contributed by atoms with E-state index in [1.807, 2.05) is 0 Å². The number of carbonyl (C=O) groups is 2. The molecular weight excluding hydrogens is 503 g/mol. The number of nitrogens with one attached hydrogen (secondary N) is 1. The molecule has 0 spiro atoms. The molecule has 0 saturated carbocycles. The van der Waals surface area contributed by atoms with E-state index in [-0.39, 0.29) is 31.2 Å². The Labute approximate surface area is 216 Å². The fourth-order valence-electron chi connectivity index (χ4n) is 4.80. The van der Waals surface area contributed by atoms with Crippen LogP contribution in [-0.4, -0.2) is 68.1 Å². The van der Waals surface area contributed by atoms with Crippen LogP contribution in [0.5, 0.6) is 5.75 Å². The summed E-state index contributed by atoms with van der Waals surface area (Å²) in [5.41, 5.74) is 1.74. The highest BCUT2D eigenvalue weighted by Crippen LogP contribution is 2.33. The second-order valence-electron chi connectivity index (χ2n) is 9.50. The van der Waals surface area contributed by atoms with E-state index in [1.165, 1.54) is 33.7 Å². The van der Waals surface area contributed by atoms with Crippen molar-refractivity contribution in [2.24, 2.45) is 11.0 Å². The van der Waals surface area contributed by atoms with Crippen molar-refractivity contribution in [2.45, 2.75) is 45.8 Å². The molecule has 1 saturated heterocycles. The first-order valence-electron chi connectivity index (χ1n) is 12.1. The van der Waals surface area contributed by atoms with Gasteiger partial charge in [0.15, 0.2) is 17.4 Å². The van der Waals surface area contributed by atoms with Gasteiger partial charge in [0.05, 0.1) is 42.4 Å². The molecule has 1 fully saturated rings. The second-order valence-corrected chi connectivity index (χ2v) is 9.50. The Morgan fingerprint density at radius 2 is 1.95 bits per heavy atom. The lowest BCUT2D eigenvalue weighted by Crippen LogP contribution is -2.60. The lowest BCUT2D eigenvalue weighted by atomic mass is 9.90. The molecule has 4 heterocycles. The number of rotatable bonds is 5. The number of ether oxygens (including phenoxy) is 1. The maximum Gasteiger partial charge on any atom is 0.340 e. The van der Waals surface area contributed by atoms with Crippen molar-refractivity contribution in [3.05, 3.63) is 53.3 Å². The van der Waals surface area contributed by atoms with E-state index in [0.29, 0.717) is 29.3 Å². The van der Waals surface area contributed by atoms with Gasteiger partial charge in [-0.2, -0.15) is 10.2 Å². The normalized spacial score (nSPS) is 21.2. The number of nitrogens with zero attached hydrogens (tertiary/aromatic N) is 6. The Morgan fingerprint density at radius 3 is 2.66 bits per heavy atom.